The topological polar surface area (TPSA) is 89.8 Å². The first kappa shape index (κ1) is 28.6. The van der Waals surface area contributed by atoms with E-state index in [4.69, 9.17) is 9.47 Å². The molecular formula is C32H33F2N5O4. The summed E-state index contributed by atoms with van der Waals surface area (Å²) in [5.41, 5.74) is 1.59. The highest BCUT2D eigenvalue weighted by Gasteiger charge is 2.38. The maximum absolute atomic E-state index is 16.1. The van der Waals surface area contributed by atoms with Crippen LogP contribution in [0.4, 0.5) is 14.5 Å². The fourth-order valence-corrected chi connectivity index (χ4v) is 6.15. The number of nitrogens with zero attached hydrogens (tertiary/aromatic N) is 5. The summed E-state index contributed by atoms with van der Waals surface area (Å²) in [6.07, 6.45) is 2.07. The second-order valence-electron chi connectivity index (χ2n) is 11.2. The fraction of sp³-hybridized carbons (Fsp3) is 0.375. The molecule has 1 atom stereocenters. The number of carbonyl (C=O) groups is 1. The first-order valence-electron chi connectivity index (χ1n) is 14.4. The third-order valence-electron chi connectivity index (χ3n) is 8.24. The number of aryl methyl sites for hydroxylation is 1. The van der Waals surface area contributed by atoms with E-state index in [2.05, 4.69) is 9.97 Å². The summed E-state index contributed by atoms with van der Waals surface area (Å²) in [4.78, 5) is 40.0. The molecule has 43 heavy (non-hydrogen) atoms. The van der Waals surface area contributed by atoms with Gasteiger partial charge >= 0.3 is 5.56 Å². The number of aromatic nitrogens is 3. The molecule has 1 saturated heterocycles. The first-order chi connectivity index (χ1) is 20.7. The van der Waals surface area contributed by atoms with Crippen molar-refractivity contribution in [2.75, 3.05) is 38.3 Å². The Hall–Kier alpha value is -4.54. The van der Waals surface area contributed by atoms with E-state index in [0.717, 1.165) is 5.56 Å². The molecule has 0 N–H and O–H groups in total. The van der Waals surface area contributed by atoms with Crippen LogP contribution in [0.3, 0.4) is 0 Å². The first-order valence-corrected chi connectivity index (χ1v) is 14.4. The number of benzene rings is 1. The molecular weight excluding hydrogens is 556 g/mol. The van der Waals surface area contributed by atoms with E-state index >= 15 is 8.78 Å². The van der Waals surface area contributed by atoms with E-state index in [1.807, 2.05) is 32.6 Å². The van der Waals surface area contributed by atoms with Crippen LogP contribution in [0.2, 0.25) is 0 Å². The van der Waals surface area contributed by atoms with Gasteiger partial charge in [-0.3, -0.25) is 19.1 Å². The van der Waals surface area contributed by atoms with Gasteiger partial charge in [0.15, 0.2) is 11.5 Å². The third-order valence-corrected chi connectivity index (χ3v) is 8.24. The van der Waals surface area contributed by atoms with Crippen molar-refractivity contribution < 1.29 is 23.0 Å². The van der Waals surface area contributed by atoms with E-state index in [0.29, 0.717) is 48.5 Å². The SMILES string of the molecule is CCC(=O)N1CCN2c3c(c(=O)n(-c4c(C)ccnc4C(C)C)c4nc(-c5c(F)cccc5OC)c(F)cc34)OC[C@H]2C1. The number of hydrogen-bond donors (Lipinski definition) is 0. The van der Waals surface area contributed by atoms with Gasteiger partial charge < -0.3 is 19.3 Å². The number of amides is 1. The standard InChI is InChI=1S/C32H33F2N5O4/c1-6-24(40)37-12-13-38-19(15-37)16-43-30-29(38)20-14-22(34)27(25-21(33)8-7-9-23(25)42-5)36-31(20)39(32(30)41)28-18(4)10-11-35-26(28)17(2)3/h7-11,14,17,19H,6,12-13,15-16H2,1-5H3/t19-/m1/s1. The van der Waals surface area contributed by atoms with Gasteiger partial charge in [-0.05, 0) is 42.7 Å². The van der Waals surface area contributed by atoms with Gasteiger partial charge in [0, 0.05) is 37.6 Å². The Morgan fingerprint density at radius 2 is 1.95 bits per heavy atom. The van der Waals surface area contributed by atoms with Crippen molar-refractivity contribution in [2.45, 2.75) is 46.1 Å². The molecule has 2 aliphatic heterocycles. The monoisotopic (exact) mass is 589 g/mol. The number of halogens is 2. The Labute approximate surface area is 247 Å². The van der Waals surface area contributed by atoms with Gasteiger partial charge in [-0.15, -0.1) is 0 Å². The van der Waals surface area contributed by atoms with Crippen molar-refractivity contribution in [3.63, 3.8) is 0 Å². The van der Waals surface area contributed by atoms with Crippen LogP contribution >= 0.6 is 0 Å². The molecule has 0 unspecified atom stereocenters. The Kier molecular flexibility index (Phi) is 7.27. The molecule has 1 fully saturated rings. The van der Waals surface area contributed by atoms with E-state index in [9.17, 15) is 9.59 Å². The average molecular weight is 590 g/mol. The van der Waals surface area contributed by atoms with Gasteiger partial charge in [-0.25, -0.2) is 13.8 Å². The lowest BCUT2D eigenvalue weighted by atomic mass is 10.0. The van der Waals surface area contributed by atoms with Gasteiger partial charge in [0.2, 0.25) is 11.7 Å². The normalized spacial score (nSPS) is 16.2. The number of anilines is 1. The van der Waals surface area contributed by atoms with Crippen LogP contribution in [-0.4, -0.2) is 64.7 Å². The summed E-state index contributed by atoms with van der Waals surface area (Å²) < 4.78 is 44.3. The van der Waals surface area contributed by atoms with Crippen LogP contribution in [0.5, 0.6) is 11.5 Å². The van der Waals surface area contributed by atoms with Crippen molar-refractivity contribution in [3.8, 4) is 28.4 Å². The number of hydrogen-bond acceptors (Lipinski definition) is 7. The minimum absolute atomic E-state index is 0.0372. The highest BCUT2D eigenvalue weighted by molar-refractivity contribution is 5.96. The predicted molar refractivity (Wildman–Crippen MR) is 159 cm³/mol. The molecule has 1 amide bonds. The van der Waals surface area contributed by atoms with Crippen molar-refractivity contribution in [1.82, 2.24) is 19.4 Å². The maximum Gasteiger partial charge on any atom is 0.301 e. The molecule has 0 aliphatic carbocycles. The number of methoxy groups -OCH3 is 1. The summed E-state index contributed by atoms with van der Waals surface area (Å²) in [5, 5.41) is 0.337. The smallest absolute Gasteiger partial charge is 0.301 e. The molecule has 0 spiro atoms. The van der Waals surface area contributed by atoms with Gasteiger partial charge in [0.05, 0.1) is 35.8 Å². The zero-order chi connectivity index (χ0) is 30.6. The molecule has 11 heteroatoms. The molecule has 0 bridgehead atoms. The van der Waals surface area contributed by atoms with Gasteiger partial charge in [0.25, 0.3) is 0 Å². The molecule has 3 aromatic heterocycles. The highest BCUT2D eigenvalue weighted by Crippen LogP contribution is 2.42. The highest BCUT2D eigenvalue weighted by atomic mass is 19.1. The summed E-state index contributed by atoms with van der Waals surface area (Å²) in [7, 11) is 1.37. The third kappa shape index (κ3) is 4.58. The molecule has 5 heterocycles. The largest absolute Gasteiger partial charge is 0.496 e. The molecule has 0 saturated carbocycles. The molecule has 224 valence electrons. The number of fused-ring (bicyclic) bond motifs is 5. The Morgan fingerprint density at radius 3 is 2.67 bits per heavy atom. The Balaban J connectivity index is 1.69. The molecule has 1 aromatic carbocycles. The summed E-state index contributed by atoms with van der Waals surface area (Å²) in [6, 6.07) is 7.05. The number of piperazine rings is 1. The molecule has 2 aliphatic rings. The lowest BCUT2D eigenvalue weighted by Gasteiger charge is -2.45. The second kappa shape index (κ2) is 10.9. The van der Waals surface area contributed by atoms with Crippen molar-refractivity contribution >= 4 is 22.6 Å². The molecule has 0 radical (unpaired) electrons. The molecule has 4 aromatic rings. The second-order valence-corrected chi connectivity index (χ2v) is 11.2. The van der Waals surface area contributed by atoms with Gasteiger partial charge in [-0.2, -0.15) is 0 Å². The minimum Gasteiger partial charge on any atom is -0.496 e. The summed E-state index contributed by atoms with van der Waals surface area (Å²) in [6.45, 7) is 9.11. The fourth-order valence-electron chi connectivity index (χ4n) is 6.15. The Morgan fingerprint density at radius 1 is 1.16 bits per heavy atom. The van der Waals surface area contributed by atoms with Crippen molar-refractivity contribution in [3.05, 3.63) is 69.8 Å². The minimum atomic E-state index is -0.780. The van der Waals surface area contributed by atoms with Crippen LogP contribution in [0, 0.1) is 18.6 Å². The van der Waals surface area contributed by atoms with E-state index < -0.39 is 17.2 Å². The van der Waals surface area contributed by atoms with Gasteiger partial charge in [0.1, 0.15) is 23.9 Å². The average Bonchev–Trinajstić information content (AvgIpc) is 3.00. The molecule has 6 rings (SSSR count). The zero-order valence-electron chi connectivity index (χ0n) is 24.8. The van der Waals surface area contributed by atoms with Crippen LogP contribution in [0.25, 0.3) is 28.0 Å². The van der Waals surface area contributed by atoms with Crippen LogP contribution in [0.1, 0.15) is 44.4 Å². The summed E-state index contributed by atoms with van der Waals surface area (Å²) in [5.74, 6) is -1.33. The van der Waals surface area contributed by atoms with Crippen molar-refractivity contribution in [1.29, 1.82) is 0 Å². The molecule has 9 nitrogen and oxygen atoms in total. The van der Waals surface area contributed by atoms with E-state index in [-0.39, 0.29) is 52.9 Å². The van der Waals surface area contributed by atoms with Crippen LogP contribution in [-0.2, 0) is 4.79 Å². The van der Waals surface area contributed by atoms with Crippen LogP contribution < -0.4 is 19.9 Å². The quantitative estimate of drug-likeness (QED) is 0.324. The van der Waals surface area contributed by atoms with Crippen molar-refractivity contribution in [2.24, 2.45) is 0 Å². The number of rotatable bonds is 5. The Bertz CT molecular complexity index is 1820. The number of carbonyl (C=O) groups excluding carboxylic acids is 1. The predicted octanol–water partition coefficient (Wildman–Crippen LogP) is 4.99. The lowest BCUT2D eigenvalue weighted by Crippen LogP contribution is -2.59. The number of pyridine rings is 3. The van der Waals surface area contributed by atoms with Crippen LogP contribution in [0.15, 0.2) is 41.3 Å². The number of ether oxygens (including phenoxy) is 2. The zero-order valence-corrected chi connectivity index (χ0v) is 24.8. The van der Waals surface area contributed by atoms with E-state index in [1.165, 1.54) is 35.9 Å². The summed E-state index contributed by atoms with van der Waals surface area (Å²) >= 11 is 0. The van der Waals surface area contributed by atoms with Gasteiger partial charge in [-0.1, -0.05) is 26.8 Å². The lowest BCUT2D eigenvalue weighted by molar-refractivity contribution is -0.131. The van der Waals surface area contributed by atoms with E-state index in [1.54, 1.807) is 17.2 Å². The maximum atomic E-state index is 16.1.